The molecule has 0 heterocycles. The predicted octanol–water partition coefficient (Wildman–Crippen LogP) is 3.83. The quantitative estimate of drug-likeness (QED) is 0.473. The van der Waals surface area contributed by atoms with Gasteiger partial charge in [0.25, 0.3) is 0 Å². The van der Waals surface area contributed by atoms with E-state index in [-0.39, 0.29) is 11.9 Å². The summed E-state index contributed by atoms with van der Waals surface area (Å²) in [6.07, 6.45) is 0.674. The van der Waals surface area contributed by atoms with Crippen LogP contribution in [0, 0.1) is 9.39 Å². The summed E-state index contributed by atoms with van der Waals surface area (Å²) >= 11 is 8.29. The molecule has 0 bridgehead atoms. The molecule has 100 valence electrons. The lowest BCUT2D eigenvalue weighted by Gasteiger charge is -2.17. The summed E-state index contributed by atoms with van der Waals surface area (Å²) in [5.41, 5.74) is 4.80. The number of hydrazine groups is 1. The largest absolute Gasteiger partial charge is 0.271 e. The van der Waals surface area contributed by atoms with Gasteiger partial charge in [0.2, 0.25) is 0 Å². The van der Waals surface area contributed by atoms with Crippen LogP contribution in [0.3, 0.4) is 0 Å². The first-order valence-electron chi connectivity index (χ1n) is 5.75. The highest BCUT2D eigenvalue weighted by Gasteiger charge is 2.12. The lowest BCUT2D eigenvalue weighted by Crippen LogP contribution is -2.29. The Morgan fingerprint density at radius 2 is 1.89 bits per heavy atom. The minimum Gasteiger partial charge on any atom is -0.271 e. The first-order chi connectivity index (χ1) is 9.10. The molecular weight excluding hydrogens is 378 g/mol. The van der Waals surface area contributed by atoms with E-state index in [9.17, 15) is 4.39 Å². The van der Waals surface area contributed by atoms with Crippen molar-refractivity contribution in [1.82, 2.24) is 5.43 Å². The van der Waals surface area contributed by atoms with Crippen LogP contribution in [0.1, 0.15) is 17.2 Å². The maximum absolute atomic E-state index is 12.9. The molecule has 2 aromatic carbocycles. The standard InChI is InChI=1S/C14H13ClFIN2/c15-12-8-10(3-6-13(12)17)14(19-18)7-9-1-4-11(16)5-2-9/h1-6,8,14,19H,7,18H2. The molecule has 3 N–H and O–H groups in total. The van der Waals surface area contributed by atoms with Crippen molar-refractivity contribution in [2.24, 2.45) is 5.84 Å². The summed E-state index contributed by atoms with van der Waals surface area (Å²) in [5.74, 6) is 5.36. The first-order valence-corrected chi connectivity index (χ1v) is 7.21. The van der Waals surface area contributed by atoms with Gasteiger partial charge in [-0.15, -0.1) is 0 Å². The van der Waals surface area contributed by atoms with Gasteiger partial charge in [-0.05, 0) is 64.4 Å². The van der Waals surface area contributed by atoms with Crippen molar-refractivity contribution in [3.8, 4) is 0 Å². The average molecular weight is 391 g/mol. The molecule has 0 radical (unpaired) electrons. The lowest BCUT2D eigenvalue weighted by molar-refractivity contribution is 0.551. The number of nitrogens with two attached hydrogens (primary N) is 1. The molecule has 2 aromatic rings. The van der Waals surface area contributed by atoms with Crippen molar-refractivity contribution >= 4 is 34.2 Å². The van der Waals surface area contributed by atoms with Gasteiger partial charge in [-0.3, -0.25) is 11.3 Å². The van der Waals surface area contributed by atoms with E-state index in [0.717, 1.165) is 14.7 Å². The molecule has 0 aliphatic rings. The highest BCUT2D eigenvalue weighted by molar-refractivity contribution is 14.1. The Hall–Kier alpha value is -0.690. The fourth-order valence-corrected chi connectivity index (χ4v) is 2.38. The molecule has 0 amide bonds. The lowest BCUT2D eigenvalue weighted by atomic mass is 9.99. The number of rotatable bonds is 4. The van der Waals surface area contributed by atoms with E-state index in [1.54, 1.807) is 12.1 Å². The SMILES string of the molecule is NNC(Cc1ccc(F)cc1)c1ccc(I)c(Cl)c1. The molecule has 0 aromatic heterocycles. The molecule has 1 atom stereocenters. The Labute approximate surface area is 130 Å². The van der Waals surface area contributed by atoms with Crippen LogP contribution in [0.25, 0.3) is 0 Å². The summed E-state index contributed by atoms with van der Waals surface area (Å²) in [4.78, 5) is 0. The van der Waals surface area contributed by atoms with Gasteiger partial charge in [-0.2, -0.15) is 0 Å². The maximum atomic E-state index is 12.9. The van der Waals surface area contributed by atoms with Crippen LogP contribution in [0.2, 0.25) is 5.02 Å². The van der Waals surface area contributed by atoms with Crippen LogP contribution < -0.4 is 11.3 Å². The minimum atomic E-state index is -0.238. The monoisotopic (exact) mass is 390 g/mol. The van der Waals surface area contributed by atoms with Gasteiger partial charge in [0.05, 0.1) is 11.1 Å². The molecule has 2 nitrogen and oxygen atoms in total. The summed E-state index contributed by atoms with van der Waals surface area (Å²) in [6.45, 7) is 0. The van der Waals surface area contributed by atoms with Crippen molar-refractivity contribution in [2.75, 3.05) is 0 Å². The molecule has 1 unspecified atom stereocenters. The second-order valence-electron chi connectivity index (χ2n) is 4.22. The fourth-order valence-electron chi connectivity index (χ4n) is 1.86. The van der Waals surface area contributed by atoms with E-state index >= 15 is 0 Å². The van der Waals surface area contributed by atoms with Crippen LogP contribution >= 0.6 is 34.2 Å². The van der Waals surface area contributed by atoms with Gasteiger partial charge >= 0.3 is 0 Å². The molecule has 19 heavy (non-hydrogen) atoms. The third-order valence-electron chi connectivity index (χ3n) is 2.90. The second-order valence-corrected chi connectivity index (χ2v) is 5.79. The minimum absolute atomic E-state index is 0.0556. The van der Waals surface area contributed by atoms with Crippen molar-refractivity contribution in [3.05, 3.63) is 68.0 Å². The molecule has 2 rings (SSSR count). The number of nitrogens with one attached hydrogen (secondary N) is 1. The molecule has 0 aliphatic heterocycles. The third-order valence-corrected chi connectivity index (χ3v) is 4.47. The number of halogens is 3. The van der Waals surface area contributed by atoms with Gasteiger partial charge in [0.1, 0.15) is 5.82 Å². The highest BCUT2D eigenvalue weighted by atomic mass is 127. The zero-order valence-corrected chi connectivity index (χ0v) is 13.0. The number of hydrogen-bond acceptors (Lipinski definition) is 2. The van der Waals surface area contributed by atoms with Crippen LogP contribution in [0.4, 0.5) is 4.39 Å². The smallest absolute Gasteiger partial charge is 0.123 e. The summed E-state index contributed by atoms with van der Waals surface area (Å²) in [7, 11) is 0. The molecule has 0 saturated carbocycles. The van der Waals surface area contributed by atoms with Crippen molar-refractivity contribution in [3.63, 3.8) is 0 Å². The second kappa shape index (κ2) is 6.65. The third kappa shape index (κ3) is 3.89. The highest BCUT2D eigenvalue weighted by Crippen LogP contribution is 2.25. The van der Waals surface area contributed by atoms with Crippen LogP contribution in [0.15, 0.2) is 42.5 Å². The van der Waals surface area contributed by atoms with Gasteiger partial charge in [0, 0.05) is 3.57 Å². The van der Waals surface area contributed by atoms with E-state index in [4.69, 9.17) is 17.4 Å². The predicted molar refractivity (Wildman–Crippen MR) is 84.3 cm³/mol. The zero-order chi connectivity index (χ0) is 13.8. The van der Waals surface area contributed by atoms with Crippen molar-refractivity contribution in [2.45, 2.75) is 12.5 Å². The Morgan fingerprint density at radius 3 is 2.47 bits per heavy atom. The van der Waals surface area contributed by atoms with E-state index in [2.05, 4.69) is 28.0 Å². The maximum Gasteiger partial charge on any atom is 0.123 e. The Balaban J connectivity index is 2.19. The van der Waals surface area contributed by atoms with Gasteiger partial charge in [-0.1, -0.05) is 29.8 Å². The van der Waals surface area contributed by atoms with Crippen molar-refractivity contribution in [1.29, 1.82) is 0 Å². The van der Waals surface area contributed by atoms with Crippen LogP contribution in [-0.4, -0.2) is 0 Å². The summed E-state index contributed by atoms with van der Waals surface area (Å²) in [5, 5.41) is 0.706. The normalized spacial score (nSPS) is 12.4. The topological polar surface area (TPSA) is 38.0 Å². The van der Waals surface area contributed by atoms with Crippen LogP contribution in [0.5, 0.6) is 0 Å². The Kier molecular flexibility index (Phi) is 5.15. The zero-order valence-electron chi connectivity index (χ0n) is 10.0. The summed E-state index contributed by atoms with van der Waals surface area (Å²) in [6, 6.07) is 12.2. The fraction of sp³-hybridized carbons (Fsp3) is 0.143. The summed E-state index contributed by atoms with van der Waals surface area (Å²) < 4.78 is 13.9. The number of hydrogen-bond donors (Lipinski definition) is 2. The van der Waals surface area contributed by atoms with E-state index < -0.39 is 0 Å². The van der Waals surface area contributed by atoms with E-state index in [0.29, 0.717) is 11.4 Å². The van der Waals surface area contributed by atoms with Crippen LogP contribution in [-0.2, 0) is 6.42 Å². The molecular formula is C14H13ClFIN2. The molecule has 0 saturated heterocycles. The molecule has 0 aliphatic carbocycles. The van der Waals surface area contributed by atoms with E-state index in [1.807, 2.05) is 18.2 Å². The van der Waals surface area contributed by atoms with Gasteiger partial charge in [-0.25, -0.2) is 4.39 Å². The van der Waals surface area contributed by atoms with Gasteiger partial charge < -0.3 is 0 Å². The molecule has 0 fully saturated rings. The van der Waals surface area contributed by atoms with Crippen molar-refractivity contribution < 1.29 is 4.39 Å². The Morgan fingerprint density at radius 1 is 1.21 bits per heavy atom. The Bertz CT molecular complexity index is 560. The van der Waals surface area contributed by atoms with Gasteiger partial charge in [0.15, 0.2) is 0 Å². The number of benzene rings is 2. The molecule has 0 spiro atoms. The van der Waals surface area contributed by atoms with E-state index in [1.165, 1.54) is 12.1 Å². The average Bonchev–Trinajstić information content (AvgIpc) is 2.41. The first kappa shape index (κ1) is 14.7. The molecule has 5 heteroatoms.